The molecule has 0 spiro atoms. The van der Waals surface area contributed by atoms with E-state index in [1.165, 1.54) is 13.2 Å². The lowest BCUT2D eigenvalue weighted by atomic mass is 10.1. The molecule has 82 valence electrons. The molecular weight excluding hydrogens is 210 g/mol. The van der Waals surface area contributed by atoms with Crippen molar-refractivity contribution in [1.82, 2.24) is 4.98 Å². The molecule has 0 saturated heterocycles. The number of H-pyrrole nitrogens is 1. The van der Waals surface area contributed by atoms with Crippen molar-refractivity contribution in [1.29, 1.82) is 0 Å². The largest absolute Gasteiger partial charge is 0.373 e. The lowest BCUT2D eigenvalue weighted by Crippen LogP contribution is -2.12. The van der Waals surface area contributed by atoms with E-state index in [0.717, 1.165) is 0 Å². The number of pyridine rings is 1. The van der Waals surface area contributed by atoms with E-state index in [9.17, 15) is 9.59 Å². The molecule has 1 N–H and O–H groups in total. The number of aromatic amines is 1. The highest BCUT2D eigenvalue weighted by atomic mass is 17.2. The van der Waals surface area contributed by atoms with Gasteiger partial charge in [-0.05, 0) is 6.07 Å². The normalized spacial score (nSPS) is 10.3. The first-order chi connectivity index (χ1) is 7.72. The van der Waals surface area contributed by atoms with Crippen LogP contribution in [0.15, 0.2) is 35.1 Å². The molecule has 0 bridgehead atoms. The summed E-state index contributed by atoms with van der Waals surface area (Å²) in [5.74, 6) is -0.690. The molecule has 0 aliphatic rings. The summed E-state index contributed by atoms with van der Waals surface area (Å²) in [7, 11) is 1.23. The Balaban J connectivity index is 2.68. The third-order valence-corrected chi connectivity index (χ3v) is 2.13. The van der Waals surface area contributed by atoms with E-state index in [0.29, 0.717) is 10.9 Å². The maximum absolute atomic E-state index is 11.5. The summed E-state index contributed by atoms with van der Waals surface area (Å²) in [6.07, 6.45) is 0. The van der Waals surface area contributed by atoms with Crippen LogP contribution in [0.3, 0.4) is 0 Å². The Morgan fingerprint density at radius 1 is 1.31 bits per heavy atom. The zero-order valence-electron chi connectivity index (χ0n) is 8.52. The van der Waals surface area contributed by atoms with Crippen LogP contribution >= 0.6 is 0 Å². The van der Waals surface area contributed by atoms with Crippen LogP contribution in [0.2, 0.25) is 0 Å². The zero-order valence-corrected chi connectivity index (χ0v) is 8.52. The lowest BCUT2D eigenvalue weighted by Gasteiger charge is -2.03. The van der Waals surface area contributed by atoms with Crippen molar-refractivity contribution in [3.8, 4) is 0 Å². The predicted molar refractivity (Wildman–Crippen MR) is 57.0 cm³/mol. The van der Waals surface area contributed by atoms with Crippen molar-refractivity contribution >= 4 is 16.9 Å². The van der Waals surface area contributed by atoms with Gasteiger partial charge in [0, 0.05) is 17.0 Å². The topological polar surface area (TPSA) is 68.4 Å². The highest BCUT2D eigenvalue weighted by Crippen LogP contribution is 2.15. The zero-order chi connectivity index (χ0) is 11.5. The lowest BCUT2D eigenvalue weighted by molar-refractivity contribution is -0.216. The molecule has 0 aliphatic carbocycles. The maximum atomic E-state index is 11.5. The molecule has 2 rings (SSSR count). The van der Waals surface area contributed by atoms with Gasteiger partial charge in [-0.15, -0.1) is 0 Å². The standard InChI is InChI=1S/C11H9NO4/c1-15-16-11(14)8-6-10(13)12-9-5-3-2-4-7(8)9/h2-6H,1H3,(H,12,13). The molecule has 1 aromatic heterocycles. The average molecular weight is 219 g/mol. The van der Waals surface area contributed by atoms with Gasteiger partial charge in [0.05, 0.1) is 12.7 Å². The molecule has 5 heteroatoms. The van der Waals surface area contributed by atoms with Gasteiger partial charge >= 0.3 is 5.97 Å². The van der Waals surface area contributed by atoms with Gasteiger partial charge in [-0.1, -0.05) is 18.2 Å². The molecule has 5 nitrogen and oxygen atoms in total. The van der Waals surface area contributed by atoms with Crippen LogP contribution in [-0.2, 0) is 9.78 Å². The first-order valence-corrected chi connectivity index (χ1v) is 4.59. The fraction of sp³-hybridized carbons (Fsp3) is 0.0909. The SMILES string of the molecule is COOC(=O)c1cc(=O)[nH]c2ccccc12. The van der Waals surface area contributed by atoms with Gasteiger partial charge in [0.1, 0.15) is 0 Å². The van der Waals surface area contributed by atoms with E-state index in [4.69, 9.17) is 0 Å². The summed E-state index contributed by atoms with van der Waals surface area (Å²) < 4.78 is 0. The Kier molecular flexibility index (Phi) is 2.70. The molecule has 16 heavy (non-hydrogen) atoms. The number of fused-ring (bicyclic) bond motifs is 1. The molecule has 0 radical (unpaired) electrons. The summed E-state index contributed by atoms with van der Waals surface area (Å²) >= 11 is 0. The number of rotatable bonds is 2. The van der Waals surface area contributed by atoms with E-state index in [2.05, 4.69) is 14.8 Å². The third-order valence-electron chi connectivity index (χ3n) is 2.13. The molecule has 1 heterocycles. The Bertz CT molecular complexity index is 588. The van der Waals surface area contributed by atoms with Crippen molar-refractivity contribution in [2.24, 2.45) is 0 Å². The van der Waals surface area contributed by atoms with Gasteiger partial charge in [-0.25, -0.2) is 4.79 Å². The molecule has 1 aromatic carbocycles. The molecule has 0 atom stereocenters. The average Bonchev–Trinajstić information content (AvgIpc) is 2.28. The Morgan fingerprint density at radius 3 is 2.81 bits per heavy atom. The molecule has 0 aliphatic heterocycles. The molecule has 0 saturated carbocycles. The number of hydrogen-bond acceptors (Lipinski definition) is 4. The highest BCUT2D eigenvalue weighted by Gasteiger charge is 2.13. The first kappa shape index (κ1) is 10.4. The fourth-order valence-electron chi connectivity index (χ4n) is 1.49. The van der Waals surface area contributed by atoms with Crippen molar-refractivity contribution in [2.75, 3.05) is 7.11 Å². The first-order valence-electron chi connectivity index (χ1n) is 4.59. The second kappa shape index (κ2) is 4.16. The number of aromatic nitrogens is 1. The van der Waals surface area contributed by atoms with Crippen LogP contribution in [0, 0.1) is 0 Å². The van der Waals surface area contributed by atoms with Gasteiger partial charge in [-0.2, -0.15) is 4.89 Å². The maximum Gasteiger partial charge on any atom is 0.373 e. The fourth-order valence-corrected chi connectivity index (χ4v) is 1.49. The van der Waals surface area contributed by atoms with Crippen LogP contribution in [0.1, 0.15) is 10.4 Å². The molecule has 0 fully saturated rings. The molecule has 0 unspecified atom stereocenters. The Morgan fingerprint density at radius 2 is 2.06 bits per heavy atom. The van der Waals surface area contributed by atoms with E-state index < -0.39 is 5.97 Å². The summed E-state index contributed by atoms with van der Waals surface area (Å²) in [5.41, 5.74) is 0.404. The van der Waals surface area contributed by atoms with Gasteiger partial charge in [-0.3, -0.25) is 9.68 Å². The van der Waals surface area contributed by atoms with E-state index in [-0.39, 0.29) is 11.1 Å². The van der Waals surface area contributed by atoms with Crippen LogP contribution in [0.25, 0.3) is 10.9 Å². The van der Waals surface area contributed by atoms with Crippen molar-refractivity contribution in [2.45, 2.75) is 0 Å². The van der Waals surface area contributed by atoms with Crippen LogP contribution in [0.4, 0.5) is 0 Å². The number of carbonyl (C=O) groups is 1. The summed E-state index contributed by atoms with van der Waals surface area (Å²) in [4.78, 5) is 34.1. The summed E-state index contributed by atoms with van der Waals surface area (Å²) in [5, 5.41) is 0.615. The molecule has 2 aromatic rings. The smallest absolute Gasteiger partial charge is 0.322 e. The van der Waals surface area contributed by atoms with E-state index in [1.54, 1.807) is 24.3 Å². The van der Waals surface area contributed by atoms with E-state index in [1.807, 2.05) is 0 Å². The minimum atomic E-state index is -0.690. The third kappa shape index (κ3) is 1.80. The second-order valence-corrected chi connectivity index (χ2v) is 3.13. The summed E-state index contributed by atoms with van der Waals surface area (Å²) in [6.45, 7) is 0. The van der Waals surface area contributed by atoms with Gasteiger partial charge in [0.2, 0.25) is 5.56 Å². The van der Waals surface area contributed by atoms with Crippen molar-refractivity contribution in [3.63, 3.8) is 0 Å². The van der Waals surface area contributed by atoms with Gasteiger partial charge in [0.15, 0.2) is 0 Å². The Labute approximate surface area is 90.5 Å². The number of hydrogen-bond donors (Lipinski definition) is 1. The van der Waals surface area contributed by atoms with Crippen molar-refractivity contribution in [3.05, 3.63) is 46.2 Å². The van der Waals surface area contributed by atoms with Gasteiger partial charge in [0.25, 0.3) is 0 Å². The predicted octanol–water partition coefficient (Wildman–Crippen LogP) is 1.25. The van der Waals surface area contributed by atoms with Crippen LogP contribution in [0.5, 0.6) is 0 Å². The minimum Gasteiger partial charge on any atom is -0.322 e. The molecular formula is C11H9NO4. The summed E-state index contributed by atoms with van der Waals surface area (Å²) in [6, 6.07) is 8.15. The quantitative estimate of drug-likeness (QED) is 0.609. The van der Waals surface area contributed by atoms with Crippen LogP contribution < -0.4 is 5.56 Å². The highest BCUT2D eigenvalue weighted by molar-refractivity contribution is 6.02. The monoisotopic (exact) mass is 219 g/mol. The Hall–Kier alpha value is -2.14. The number of benzene rings is 1. The second-order valence-electron chi connectivity index (χ2n) is 3.13. The minimum absolute atomic E-state index is 0.182. The van der Waals surface area contributed by atoms with Crippen molar-refractivity contribution < 1.29 is 14.6 Å². The number of carbonyl (C=O) groups excluding carboxylic acids is 1. The van der Waals surface area contributed by atoms with E-state index >= 15 is 0 Å². The van der Waals surface area contributed by atoms with Crippen LogP contribution in [-0.4, -0.2) is 18.1 Å². The number of para-hydroxylation sites is 1. The number of nitrogens with one attached hydrogen (secondary N) is 1. The van der Waals surface area contributed by atoms with Gasteiger partial charge < -0.3 is 4.98 Å². The molecule has 0 amide bonds.